The van der Waals surface area contributed by atoms with Crippen molar-refractivity contribution in [3.63, 3.8) is 0 Å². The molecule has 1 N–H and O–H groups in total. The predicted molar refractivity (Wildman–Crippen MR) is 50.0 cm³/mol. The van der Waals surface area contributed by atoms with E-state index in [4.69, 9.17) is 5.11 Å². The van der Waals surface area contributed by atoms with Gasteiger partial charge in [0.15, 0.2) is 0 Å². The van der Waals surface area contributed by atoms with Crippen LogP contribution in [0.5, 0.6) is 0 Å². The van der Waals surface area contributed by atoms with Crippen molar-refractivity contribution in [3.05, 3.63) is 35.4 Å². The second kappa shape index (κ2) is 3.88. The quantitative estimate of drug-likeness (QED) is 0.833. The van der Waals surface area contributed by atoms with Crippen molar-refractivity contribution in [1.82, 2.24) is 0 Å². The lowest BCUT2D eigenvalue weighted by molar-refractivity contribution is -0.148. The first-order valence-corrected chi connectivity index (χ1v) is 4.49. The van der Waals surface area contributed by atoms with Crippen LogP contribution < -0.4 is 0 Å². The molecule has 0 bridgehead atoms. The summed E-state index contributed by atoms with van der Waals surface area (Å²) in [6.07, 6.45) is -1.20. The van der Waals surface area contributed by atoms with Gasteiger partial charge in [-0.05, 0) is 18.2 Å². The van der Waals surface area contributed by atoms with E-state index in [2.05, 4.69) is 9.99 Å². The van der Waals surface area contributed by atoms with Crippen molar-refractivity contribution >= 4 is 11.7 Å². The van der Waals surface area contributed by atoms with E-state index in [-0.39, 0.29) is 17.7 Å². The number of oxime groups is 1. The third-order valence-electron chi connectivity index (χ3n) is 2.18. The molecule has 6 heteroatoms. The van der Waals surface area contributed by atoms with E-state index in [9.17, 15) is 13.6 Å². The van der Waals surface area contributed by atoms with Crippen LogP contribution in [0.25, 0.3) is 0 Å². The van der Waals surface area contributed by atoms with Crippen molar-refractivity contribution < 1.29 is 23.5 Å². The Balaban J connectivity index is 2.27. The Hall–Kier alpha value is -1.98. The minimum atomic E-state index is -1.18. The predicted octanol–water partition coefficient (Wildman–Crippen LogP) is 1.54. The van der Waals surface area contributed by atoms with Crippen LogP contribution in [0, 0.1) is 11.6 Å². The molecule has 0 radical (unpaired) electrons. The number of carboxylic acids is 1. The summed E-state index contributed by atoms with van der Waals surface area (Å²) in [7, 11) is 0. The lowest BCUT2D eigenvalue weighted by atomic mass is 10.0. The molecule has 0 amide bonds. The van der Waals surface area contributed by atoms with Gasteiger partial charge < -0.3 is 9.94 Å². The number of halogens is 2. The monoisotopic (exact) mass is 227 g/mol. The highest BCUT2D eigenvalue weighted by molar-refractivity contribution is 6.03. The number of carboxylic acid groups (broad SMARTS) is 1. The molecule has 0 fully saturated rings. The minimum absolute atomic E-state index is 0.0660. The molecule has 2 rings (SSSR count). The van der Waals surface area contributed by atoms with Crippen LogP contribution in [-0.2, 0) is 9.63 Å². The van der Waals surface area contributed by atoms with Gasteiger partial charge in [0.2, 0.25) is 6.10 Å². The fourth-order valence-corrected chi connectivity index (χ4v) is 1.39. The van der Waals surface area contributed by atoms with Crippen molar-refractivity contribution in [3.8, 4) is 0 Å². The van der Waals surface area contributed by atoms with Gasteiger partial charge in [-0.3, -0.25) is 0 Å². The van der Waals surface area contributed by atoms with Crippen molar-refractivity contribution in [2.24, 2.45) is 5.16 Å². The van der Waals surface area contributed by atoms with Gasteiger partial charge in [0, 0.05) is 12.0 Å². The van der Waals surface area contributed by atoms with E-state index in [1.165, 1.54) is 0 Å². The van der Waals surface area contributed by atoms with Gasteiger partial charge in [-0.1, -0.05) is 5.16 Å². The molecule has 4 nitrogen and oxygen atoms in total. The summed E-state index contributed by atoms with van der Waals surface area (Å²) >= 11 is 0. The van der Waals surface area contributed by atoms with E-state index >= 15 is 0 Å². The topological polar surface area (TPSA) is 58.9 Å². The van der Waals surface area contributed by atoms with Gasteiger partial charge in [-0.25, -0.2) is 13.6 Å². The van der Waals surface area contributed by atoms with Crippen LogP contribution in [0.2, 0.25) is 0 Å². The maximum atomic E-state index is 13.3. The number of hydrogen-bond acceptors (Lipinski definition) is 3. The van der Waals surface area contributed by atoms with Crippen molar-refractivity contribution in [2.45, 2.75) is 12.5 Å². The van der Waals surface area contributed by atoms with Crippen LogP contribution in [0.4, 0.5) is 8.78 Å². The Labute approximate surface area is 89.1 Å². The third kappa shape index (κ3) is 1.86. The number of nitrogens with zero attached hydrogens (tertiary/aromatic N) is 1. The van der Waals surface area contributed by atoms with Crippen LogP contribution in [0.15, 0.2) is 23.4 Å². The number of hydrogen-bond donors (Lipinski definition) is 1. The number of carbonyl (C=O) groups is 1. The molecule has 0 aromatic heterocycles. The van der Waals surface area contributed by atoms with Gasteiger partial charge in [-0.2, -0.15) is 0 Å². The summed E-state index contributed by atoms with van der Waals surface area (Å²) in [5.41, 5.74) is 0.0353. The first kappa shape index (κ1) is 10.5. The Morgan fingerprint density at radius 2 is 2.25 bits per heavy atom. The van der Waals surface area contributed by atoms with E-state index in [0.29, 0.717) is 0 Å². The van der Waals surface area contributed by atoms with E-state index in [1.807, 2.05) is 0 Å². The molecule has 16 heavy (non-hydrogen) atoms. The summed E-state index contributed by atoms with van der Waals surface area (Å²) in [5, 5.41) is 12.1. The summed E-state index contributed by atoms with van der Waals surface area (Å²) in [6.45, 7) is 0. The molecular formula is C10H7F2NO3. The molecule has 1 atom stereocenters. The smallest absolute Gasteiger partial charge is 0.348 e. The van der Waals surface area contributed by atoms with Crippen LogP contribution in [0.1, 0.15) is 12.0 Å². The normalized spacial score (nSPS) is 19.1. The average Bonchev–Trinajstić information content (AvgIpc) is 2.70. The molecule has 0 saturated heterocycles. The van der Waals surface area contributed by atoms with Gasteiger partial charge in [0.1, 0.15) is 11.6 Å². The molecule has 1 heterocycles. The zero-order valence-corrected chi connectivity index (χ0v) is 7.98. The standard InChI is InChI=1S/C10H7F2NO3/c11-5-1-2-7(12)6(3-5)8-4-9(10(14)15)16-13-8/h1-3,9H,4H2,(H,14,15)/t9-/m1/s1. The molecule has 1 aromatic carbocycles. The average molecular weight is 227 g/mol. The molecule has 0 saturated carbocycles. The fraction of sp³-hybridized carbons (Fsp3) is 0.200. The SMILES string of the molecule is O=C(O)[C@H]1CC(c2cc(F)ccc2F)=NO1. The van der Waals surface area contributed by atoms with Crippen LogP contribution in [-0.4, -0.2) is 22.9 Å². The highest BCUT2D eigenvalue weighted by atomic mass is 19.1. The Bertz CT molecular complexity index is 473. The molecule has 1 aliphatic heterocycles. The second-order valence-electron chi connectivity index (χ2n) is 3.30. The van der Waals surface area contributed by atoms with Crippen LogP contribution in [0.3, 0.4) is 0 Å². The first-order chi connectivity index (χ1) is 7.58. The zero-order chi connectivity index (χ0) is 11.7. The molecule has 1 aliphatic rings. The molecule has 0 unspecified atom stereocenters. The first-order valence-electron chi connectivity index (χ1n) is 4.49. The lowest BCUT2D eigenvalue weighted by Crippen LogP contribution is -2.20. The number of benzene rings is 1. The van der Waals surface area contributed by atoms with Gasteiger partial charge in [-0.15, -0.1) is 0 Å². The van der Waals surface area contributed by atoms with Gasteiger partial charge in [0.05, 0.1) is 5.71 Å². The Morgan fingerprint density at radius 1 is 1.50 bits per heavy atom. The van der Waals surface area contributed by atoms with Gasteiger partial charge in [0.25, 0.3) is 0 Å². The summed E-state index contributed by atoms with van der Waals surface area (Å²) < 4.78 is 26.2. The van der Waals surface area contributed by atoms with Crippen molar-refractivity contribution in [2.75, 3.05) is 0 Å². The molecule has 1 aromatic rings. The lowest BCUT2D eigenvalue weighted by Gasteiger charge is -2.01. The number of aliphatic carboxylic acids is 1. The Kier molecular flexibility index (Phi) is 2.55. The molecular weight excluding hydrogens is 220 g/mol. The second-order valence-corrected chi connectivity index (χ2v) is 3.30. The molecule has 0 aliphatic carbocycles. The maximum absolute atomic E-state index is 13.3. The summed E-state index contributed by atoms with van der Waals surface area (Å²) in [5.74, 6) is -2.46. The zero-order valence-electron chi connectivity index (χ0n) is 7.98. The highest BCUT2D eigenvalue weighted by Gasteiger charge is 2.29. The Morgan fingerprint density at radius 3 is 2.88 bits per heavy atom. The number of rotatable bonds is 2. The minimum Gasteiger partial charge on any atom is -0.478 e. The summed E-state index contributed by atoms with van der Waals surface area (Å²) in [6, 6.07) is 2.90. The van der Waals surface area contributed by atoms with E-state index in [0.717, 1.165) is 18.2 Å². The fourth-order valence-electron chi connectivity index (χ4n) is 1.39. The van der Waals surface area contributed by atoms with E-state index < -0.39 is 23.7 Å². The molecule has 84 valence electrons. The van der Waals surface area contributed by atoms with E-state index in [1.54, 1.807) is 0 Å². The summed E-state index contributed by atoms with van der Waals surface area (Å²) in [4.78, 5) is 15.1. The van der Waals surface area contributed by atoms with Crippen molar-refractivity contribution in [1.29, 1.82) is 0 Å². The van der Waals surface area contributed by atoms with Gasteiger partial charge >= 0.3 is 5.97 Å². The molecule has 0 spiro atoms. The largest absolute Gasteiger partial charge is 0.478 e. The highest BCUT2D eigenvalue weighted by Crippen LogP contribution is 2.19. The maximum Gasteiger partial charge on any atom is 0.348 e. The van der Waals surface area contributed by atoms with Crippen LogP contribution >= 0.6 is 0 Å². The third-order valence-corrected chi connectivity index (χ3v) is 2.18.